The number of imidazole rings is 1. The Labute approximate surface area is 163 Å². The number of hydrogen-bond donors (Lipinski definition) is 1. The number of rotatable bonds is 6. The summed E-state index contributed by atoms with van der Waals surface area (Å²) in [5.41, 5.74) is 2.66. The highest BCUT2D eigenvalue weighted by Crippen LogP contribution is 2.22. The van der Waals surface area contributed by atoms with E-state index in [-0.39, 0.29) is 11.9 Å². The lowest BCUT2D eigenvalue weighted by atomic mass is 10.1. The summed E-state index contributed by atoms with van der Waals surface area (Å²) in [4.78, 5) is 21.4. The molecular formula is C23H20N4O. The molecule has 0 saturated carbocycles. The van der Waals surface area contributed by atoms with Crippen LogP contribution in [0.4, 0.5) is 0 Å². The third kappa shape index (κ3) is 3.99. The van der Waals surface area contributed by atoms with E-state index in [4.69, 9.17) is 0 Å². The van der Waals surface area contributed by atoms with E-state index in [1.165, 1.54) is 5.56 Å². The van der Waals surface area contributed by atoms with Crippen molar-refractivity contribution in [1.82, 2.24) is 19.9 Å². The van der Waals surface area contributed by atoms with E-state index >= 15 is 0 Å². The number of pyridine rings is 1. The molecule has 2 aromatic heterocycles. The van der Waals surface area contributed by atoms with Gasteiger partial charge in [0.15, 0.2) is 0 Å². The summed E-state index contributed by atoms with van der Waals surface area (Å²) >= 11 is 0. The van der Waals surface area contributed by atoms with Crippen molar-refractivity contribution in [2.24, 2.45) is 0 Å². The van der Waals surface area contributed by atoms with Crippen molar-refractivity contribution in [2.45, 2.75) is 12.6 Å². The fourth-order valence-electron chi connectivity index (χ4n) is 3.15. The molecule has 5 nitrogen and oxygen atoms in total. The normalized spacial score (nSPS) is 11.7. The average Bonchev–Trinajstić information content (AvgIpc) is 3.21. The summed E-state index contributed by atoms with van der Waals surface area (Å²) in [6.07, 6.45) is 6.92. The Hall–Kier alpha value is -3.73. The number of carbonyl (C=O) groups excluding carboxylic acids is 1. The highest BCUT2D eigenvalue weighted by molar-refractivity contribution is 5.94. The van der Waals surface area contributed by atoms with Crippen LogP contribution in [-0.4, -0.2) is 20.4 Å². The van der Waals surface area contributed by atoms with E-state index in [0.29, 0.717) is 12.1 Å². The monoisotopic (exact) mass is 368 g/mol. The molecule has 4 rings (SSSR count). The maximum absolute atomic E-state index is 12.8. The first-order chi connectivity index (χ1) is 13.8. The van der Waals surface area contributed by atoms with Gasteiger partial charge < -0.3 is 9.88 Å². The van der Waals surface area contributed by atoms with Crippen molar-refractivity contribution in [3.63, 3.8) is 0 Å². The Kier molecular flexibility index (Phi) is 5.24. The quantitative estimate of drug-likeness (QED) is 0.562. The number of amides is 1. The Morgan fingerprint density at radius 1 is 0.929 bits per heavy atom. The van der Waals surface area contributed by atoms with Gasteiger partial charge in [-0.25, -0.2) is 4.98 Å². The van der Waals surface area contributed by atoms with E-state index in [9.17, 15) is 4.79 Å². The number of benzene rings is 2. The summed E-state index contributed by atoms with van der Waals surface area (Å²) in [7, 11) is 0. The minimum Gasteiger partial charge on any atom is -0.338 e. The molecule has 0 radical (unpaired) electrons. The van der Waals surface area contributed by atoms with Gasteiger partial charge in [-0.05, 0) is 23.3 Å². The molecule has 4 aromatic rings. The van der Waals surface area contributed by atoms with E-state index in [1.54, 1.807) is 30.7 Å². The van der Waals surface area contributed by atoms with Crippen LogP contribution in [0.25, 0.3) is 0 Å². The largest absolute Gasteiger partial charge is 0.338 e. The van der Waals surface area contributed by atoms with Crippen LogP contribution in [0.15, 0.2) is 97.6 Å². The minimum absolute atomic E-state index is 0.184. The van der Waals surface area contributed by atoms with E-state index in [2.05, 4.69) is 32.0 Å². The molecule has 1 amide bonds. The van der Waals surface area contributed by atoms with Crippen molar-refractivity contribution in [3.8, 4) is 0 Å². The molecule has 0 aliphatic rings. The summed E-state index contributed by atoms with van der Waals surface area (Å²) in [5.74, 6) is 0.600. The van der Waals surface area contributed by atoms with Crippen LogP contribution in [0, 0.1) is 0 Å². The molecule has 1 N–H and O–H groups in total. The van der Waals surface area contributed by atoms with Crippen molar-refractivity contribution >= 4 is 5.91 Å². The standard InChI is InChI=1S/C23H20N4O/c28-23(20-12-7-13-24-16-20)26-21(19-10-5-2-6-11-19)22-25-14-15-27(22)17-18-8-3-1-4-9-18/h1-16,21H,17H2,(H,26,28). The molecule has 0 spiro atoms. The fourth-order valence-corrected chi connectivity index (χ4v) is 3.15. The van der Waals surface area contributed by atoms with Gasteiger partial charge in [-0.2, -0.15) is 0 Å². The van der Waals surface area contributed by atoms with Gasteiger partial charge in [0.25, 0.3) is 5.91 Å². The van der Waals surface area contributed by atoms with Crippen LogP contribution in [0.5, 0.6) is 0 Å². The highest BCUT2D eigenvalue weighted by atomic mass is 16.1. The Morgan fingerprint density at radius 3 is 2.39 bits per heavy atom. The molecule has 2 heterocycles. The molecular weight excluding hydrogens is 348 g/mol. The highest BCUT2D eigenvalue weighted by Gasteiger charge is 2.22. The molecule has 0 saturated heterocycles. The van der Waals surface area contributed by atoms with Crippen LogP contribution in [-0.2, 0) is 6.54 Å². The summed E-state index contributed by atoms with van der Waals surface area (Å²) in [6, 6.07) is 23.2. The molecule has 1 atom stereocenters. The minimum atomic E-state index is -0.368. The van der Waals surface area contributed by atoms with E-state index in [0.717, 1.165) is 11.4 Å². The second-order valence-corrected chi connectivity index (χ2v) is 6.46. The molecule has 5 heteroatoms. The van der Waals surface area contributed by atoms with Gasteiger partial charge in [0.05, 0.1) is 5.56 Å². The van der Waals surface area contributed by atoms with Gasteiger partial charge in [0.1, 0.15) is 11.9 Å². The third-order valence-electron chi connectivity index (χ3n) is 4.53. The maximum Gasteiger partial charge on any atom is 0.253 e. The summed E-state index contributed by atoms with van der Waals surface area (Å²) in [5, 5.41) is 3.12. The first kappa shape index (κ1) is 17.7. The lowest BCUT2D eigenvalue weighted by molar-refractivity contribution is 0.0940. The molecule has 138 valence electrons. The average molecular weight is 368 g/mol. The van der Waals surface area contributed by atoms with Crippen LogP contribution in [0.2, 0.25) is 0 Å². The Morgan fingerprint density at radius 2 is 1.68 bits per heavy atom. The zero-order valence-electron chi connectivity index (χ0n) is 15.3. The zero-order chi connectivity index (χ0) is 19.2. The van der Waals surface area contributed by atoms with Gasteiger partial charge in [0, 0.05) is 31.3 Å². The van der Waals surface area contributed by atoms with E-state index in [1.807, 2.05) is 54.7 Å². The molecule has 2 aromatic carbocycles. The number of hydrogen-bond acceptors (Lipinski definition) is 3. The second-order valence-electron chi connectivity index (χ2n) is 6.46. The number of nitrogens with zero attached hydrogens (tertiary/aromatic N) is 3. The van der Waals surface area contributed by atoms with Gasteiger partial charge >= 0.3 is 0 Å². The van der Waals surface area contributed by atoms with Crippen LogP contribution >= 0.6 is 0 Å². The van der Waals surface area contributed by atoms with E-state index < -0.39 is 0 Å². The fraction of sp³-hybridized carbons (Fsp3) is 0.0870. The molecule has 1 unspecified atom stereocenters. The smallest absolute Gasteiger partial charge is 0.253 e. The van der Waals surface area contributed by atoms with Crippen molar-refractivity contribution in [1.29, 1.82) is 0 Å². The van der Waals surface area contributed by atoms with Gasteiger partial charge in [0.2, 0.25) is 0 Å². The zero-order valence-corrected chi connectivity index (χ0v) is 15.3. The molecule has 28 heavy (non-hydrogen) atoms. The van der Waals surface area contributed by atoms with Crippen LogP contribution < -0.4 is 5.32 Å². The molecule has 0 fully saturated rings. The predicted octanol–water partition coefficient (Wildman–Crippen LogP) is 3.85. The number of aromatic nitrogens is 3. The summed E-state index contributed by atoms with van der Waals surface area (Å²) in [6.45, 7) is 0.683. The molecule has 0 aliphatic carbocycles. The lowest BCUT2D eigenvalue weighted by Gasteiger charge is -2.20. The Balaban J connectivity index is 1.67. The third-order valence-corrected chi connectivity index (χ3v) is 4.53. The topological polar surface area (TPSA) is 59.8 Å². The SMILES string of the molecule is O=C(NC(c1ccccc1)c1nccn1Cc1ccccc1)c1cccnc1. The van der Waals surface area contributed by atoms with Gasteiger partial charge in [-0.3, -0.25) is 9.78 Å². The predicted molar refractivity (Wildman–Crippen MR) is 108 cm³/mol. The second kappa shape index (κ2) is 8.31. The molecule has 0 aliphatic heterocycles. The lowest BCUT2D eigenvalue weighted by Crippen LogP contribution is -2.31. The van der Waals surface area contributed by atoms with Crippen molar-refractivity contribution < 1.29 is 4.79 Å². The number of nitrogens with one attached hydrogen (secondary N) is 1. The van der Waals surface area contributed by atoms with Gasteiger partial charge in [-0.1, -0.05) is 60.7 Å². The maximum atomic E-state index is 12.8. The van der Waals surface area contributed by atoms with Crippen molar-refractivity contribution in [3.05, 3.63) is 120 Å². The molecule has 0 bridgehead atoms. The Bertz CT molecular complexity index is 1030. The number of carbonyl (C=O) groups is 1. The van der Waals surface area contributed by atoms with Gasteiger partial charge in [-0.15, -0.1) is 0 Å². The van der Waals surface area contributed by atoms with Crippen LogP contribution in [0.1, 0.15) is 33.4 Å². The van der Waals surface area contributed by atoms with Crippen LogP contribution in [0.3, 0.4) is 0 Å². The first-order valence-electron chi connectivity index (χ1n) is 9.12. The summed E-state index contributed by atoms with van der Waals surface area (Å²) < 4.78 is 2.07. The van der Waals surface area contributed by atoms with Crippen molar-refractivity contribution in [2.75, 3.05) is 0 Å². The first-order valence-corrected chi connectivity index (χ1v) is 9.12.